The standard InChI is InChI=1S/C35H30N6O2/c1-43-26-12-14-30-33(21-26)41(18-15-23-7-3-2-4-8-23)34(39-30)32(20-25-22-38-28-10-6-5-9-27(25)28)40-35(42)24-11-13-29-31(19-24)37-17-16-36-29/h2-14,16-17,19,21-22,32,38H,15,18,20H2,1H3,(H,40,42). The van der Waals surface area contributed by atoms with E-state index in [-0.39, 0.29) is 5.91 Å². The smallest absolute Gasteiger partial charge is 0.251 e. The molecule has 0 radical (unpaired) electrons. The molecule has 0 aliphatic heterocycles. The van der Waals surface area contributed by atoms with Crippen LogP contribution in [0.1, 0.15) is 33.4 Å². The van der Waals surface area contributed by atoms with Crippen molar-refractivity contribution in [2.75, 3.05) is 7.11 Å². The normalized spacial score (nSPS) is 12.1. The van der Waals surface area contributed by atoms with Crippen LogP contribution in [0.25, 0.3) is 33.0 Å². The van der Waals surface area contributed by atoms with E-state index in [4.69, 9.17) is 9.72 Å². The van der Waals surface area contributed by atoms with E-state index in [0.29, 0.717) is 24.0 Å². The van der Waals surface area contributed by atoms with Crippen LogP contribution in [0.2, 0.25) is 0 Å². The van der Waals surface area contributed by atoms with Crippen molar-refractivity contribution in [3.8, 4) is 5.75 Å². The van der Waals surface area contributed by atoms with Crippen LogP contribution < -0.4 is 10.1 Å². The fraction of sp³-hybridized carbons (Fsp3) is 0.143. The number of aromatic amines is 1. The van der Waals surface area contributed by atoms with Crippen molar-refractivity contribution < 1.29 is 9.53 Å². The quantitative estimate of drug-likeness (QED) is 0.210. The number of H-pyrrole nitrogens is 1. The molecule has 3 aromatic heterocycles. The Balaban J connectivity index is 1.32. The maximum atomic E-state index is 13.8. The van der Waals surface area contributed by atoms with Crippen molar-refractivity contribution in [3.63, 3.8) is 0 Å². The summed E-state index contributed by atoms with van der Waals surface area (Å²) in [5.74, 6) is 1.35. The number of carbonyl (C=O) groups is 1. The third kappa shape index (κ3) is 5.30. The molecule has 212 valence electrons. The molecule has 8 heteroatoms. The van der Waals surface area contributed by atoms with E-state index in [9.17, 15) is 4.79 Å². The molecule has 1 unspecified atom stereocenters. The number of imidazole rings is 1. The van der Waals surface area contributed by atoms with Gasteiger partial charge in [0.2, 0.25) is 0 Å². The summed E-state index contributed by atoms with van der Waals surface area (Å²) in [6.07, 6.45) is 6.67. The van der Waals surface area contributed by atoms with Gasteiger partial charge in [0.25, 0.3) is 5.91 Å². The zero-order valence-electron chi connectivity index (χ0n) is 23.7. The molecule has 4 aromatic carbocycles. The molecule has 1 atom stereocenters. The summed E-state index contributed by atoms with van der Waals surface area (Å²) < 4.78 is 7.79. The highest BCUT2D eigenvalue weighted by molar-refractivity contribution is 5.97. The van der Waals surface area contributed by atoms with Gasteiger partial charge >= 0.3 is 0 Å². The molecule has 0 fully saturated rings. The Kier molecular flexibility index (Phi) is 7.00. The number of hydrogen-bond donors (Lipinski definition) is 2. The fourth-order valence-corrected chi connectivity index (χ4v) is 5.71. The number of rotatable bonds is 9. The fourth-order valence-electron chi connectivity index (χ4n) is 5.71. The van der Waals surface area contributed by atoms with Gasteiger partial charge in [-0.15, -0.1) is 0 Å². The Hall–Kier alpha value is -5.50. The number of nitrogens with zero attached hydrogens (tertiary/aromatic N) is 4. The summed E-state index contributed by atoms with van der Waals surface area (Å²) in [4.78, 5) is 31.1. The molecular weight excluding hydrogens is 536 g/mol. The number of benzene rings is 4. The predicted octanol–water partition coefficient (Wildman–Crippen LogP) is 6.43. The Labute approximate surface area is 248 Å². The van der Waals surface area contributed by atoms with E-state index in [1.165, 1.54) is 5.56 Å². The van der Waals surface area contributed by atoms with E-state index < -0.39 is 6.04 Å². The molecule has 2 N–H and O–H groups in total. The molecule has 0 saturated heterocycles. The second-order valence-electron chi connectivity index (χ2n) is 10.6. The minimum Gasteiger partial charge on any atom is -0.497 e. The van der Waals surface area contributed by atoms with E-state index in [0.717, 1.165) is 51.0 Å². The molecule has 0 bridgehead atoms. The first-order valence-electron chi connectivity index (χ1n) is 14.3. The second kappa shape index (κ2) is 11.4. The highest BCUT2D eigenvalue weighted by atomic mass is 16.5. The Bertz CT molecular complexity index is 2060. The molecular formula is C35H30N6O2. The third-order valence-corrected chi connectivity index (χ3v) is 7.90. The number of aryl methyl sites for hydroxylation is 2. The minimum atomic E-state index is -0.418. The monoisotopic (exact) mass is 566 g/mol. The van der Waals surface area contributed by atoms with Crippen molar-refractivity contribution in [3.05, 3.63) is 132 Å². The topological polar surface area (TPSA) is 97.7 Å². The lowest BCUT2D eigenvalue weighted by Crippen LogP contribution is -2.32. The molecule has 0 aliphatic carbocycles. The van der Waals surface area contributed by atoms with Gasteiger partial charge in [-0.2, -0.15) is 0 Å². The van der Waals surface area contributed by atoms with Gasteiger partial charge in [0.15, 0.2) is 0 Å². The summed E-state index contributed by atoms with van der Waals surface area (Å²) in [6, 6.07) is 29.5. The third-order valence-electron chi connectivity index (χ3n) is 7.90. The van der Waals surface area contributed by atoms with Gasteiger partial charge in [0.1, 0.15) is 11.6 Å². The lowest BCUT2D eigenvalue weighted by atomic mass is 10.0. The second-order valence-corrected chi connectivity index (χ2v) is 10.6. The van der Waals surface area contributed by atoms with Crippen molar-refractivity contribution in [1.82, 2.24) is 29.8 Å². The van der Waals surface area contributed by atoms with Gasteiger partial charge in [-0.1, -0.05) is 48.5 Å². The molecule has 0 aliphatic rings. The molecule has 3 heterocycles. The van der Waals surface area contributed by atoms with E-state index in [1.54, 1.807) is 31.6 Å². The first-order chi connectivity index (χ1) is 21.2. The average molecular weight is 567 g/mol. The van der Waals surface area contributed by atoms with Crippen LogP contribution in [0.3, 0.4) is 0 Å². The van der Waals surface area contributed by atoms with Crippen LogP contribution in [0, 0.1) is 0 Å². The van der Waals surface area contributed by atoms with Crippen LogP contribution in [-0.4, -0.2) is 37.5 Å². The van der Waals surface area contributed by atoms with Gasteiger partial charge < -0.3 is 19.6 Å². The number of ether oxygens (including phenoxy) is 1. The maximum Gasteiger partial charge on any atom is 0.251 e. The van der Waals surface area contributed by atoms with Gasteiger partial charge in [-0.3, -0.25) is 14.8 Å². The number of para-hydroxylation sites is 1. The maximum absolute atomic E-state index is 13.8. The highest BCUT2D eigenvalue weighted by Crippen LogP contribution is 2.30. The largest absolute Gasteiger partial charge is 0.497 e. The molecule has 0 saturated carbocycles. The summed E-state index contributed by atoms with van der Waals surface area (Å²) >= 11 is 0. The van der Waals surface area contributed by atoms with Crippen LogP contribution in [0.5, 0.6) is 5.75 Å². The average Bonchev–Trinajstić information content (AvgIpc) is 3.64. The number of methoxy groups -OCH3 is 1. The zero-order chi connectivity index (χ0) is 29.2. The number of aromatic nitrogens is 5. The Morgan fingerprint density at radius 2 is 1.70 bits per heavy atom. The van der Waals surface area contributed by atoms with Gasteiger partial charge in [0, 0.05) is 54.1 Å². The summed E-state index contributed by atoms with van der Waals surface area (Å²) in [5.41, 5.74) is 7.13. The zero-order valence-corrected chi connectivity index (χ0v) is 23.7. The first kappa shape index (κ1) is 26.4. The molecule has 7 aromatic rings. The number of amides is 1. The summed E-state index contributed by atoms with van der Waals surface area (Å²) in [6.45, 7) is 0.689. The van der Waals surface area contributed by atoms with Crippen LogP contribution in [0.4, 0.5) is 0 Å². The van der Waals surface area contributed by atoms with E-state index >= 15 is 0 Å². The number of hydrogen-bond acceptors (Lipinski definition) is 5. The van der Waals surface area contributed by atoms with Crippen LogP contribution in [0.15, 0.2) is 110 Å². The van der Waals surface area contributed by atoms with Crippen LogP contribution >= 0.6 is 0 Å². The lowest BCUT2D eigenvalue weighted by Gasteiger charge is -2.21. The van der Waals surface area contributed by atoms with Crippen LogP contribution in [-0.2, 0) is 19.4 Å². The van der Waals surface area contributed by atoms with Crippen molar-refractivity contribution in [1.29, 1.82) is 0 Å². The summed E-state index contributed by atoms with van der Waals surface area (Å²) in [5, 5.41) is 4.45. The predicted molar refractivity (Wildman–Crippen MR) is 168 cm³/mol. The number of carbonyl (C=O) groups excluding carboxylic acids is 1. The van der Waals surface area contributed by atoms with Gasteiger partial charge in [-0.25, -0.2) is 4.98 Å². The van der Waals surface area contributed by atoms with Crippen molar-refractivity contribution >= 4 is 38.9 Å². The molecule has 1 amide bonds. The lowest BCUT2D eigenvalue weighted by molar-refractivity contribution is 0.0934. The SMILES string of the molecule is COc1ccc2nc(C(Cc3c[nH]c4ccccc34)NC(=O)c3ccc4nccnc4c3)n(CCc3ccccc3)c2c1. The van der Waals surface area contributed by atoms with E-state index in [1.807, 2.05) is 48.7 Å². The van der Waals surface area contributed by atoms with E-state index in [2.05, 4.69) is 61.2 Å². The molecule has 43 heavy (non-hydrogen) atoms. The highest BCUT2D eigenvalue weighted by Gasteiger charge is 2.25. The molecule has 7 rings (SSSR count). The minimum absolute atomic E-state index is 0.198. The van der Waals surface area contributed by atoms with Crippen molar-refractivity contribution in [2.45, 2.75) is 25.4 Å². The molecule has 0 spiro atoms. The van der Waals surface area contributed by atoms with Gasteiger partial charge in [0.05, 0.1) is 35.2 Å². The Morgan fingerprint density at radius 1 is 0.907 bits per heavy atom. The summed E-state index contributed by atoms with van der Waals surface area (Å²) in [7, 11) is 1.67. The first-order valence-corrected chi connectivity index (χ1v) is 14.3. The molecule has 8 nitrogen and oxygen atoms in total. The van der Waals surface area contributed by atoms with Crippen molar-refractivity contribution in [2.24, 2.45) is 0 Å². The number of fused-ring (bicyclic) bond motifs is 3. The Morgan fingerprint density at radius 3 is 2.56 bits per heavy atom. The number of nitrogens with one attached hydrogen (secondary N) is 2. The van der Waals surface area contributed by atoms with Gasteiger partial charge in [-0.05, 0) is 53.9 Å².